The molecule has 0 atom stereocenters. The average molecular weight is 568 g/mol. The Labute approximate surface area is 238 Å². The molecule has 0 unspecified atom stereocenters. The number of aromatic nitrogens is 3. The maximum absolute atomic E-state index is 14.6. The van der Waals surface area contributed by atoms with Crippen LogP contribution in [0.25, 0.3) is 22.3 Å². The van der Waals surface area contributed by atoms with Crippen molar-refractivity contribution < 1.29 is 28.2 Å². The molecule has 1 aromatic carbocycles. The molecular weight excluding hydrogens is 529 g/mol. The Kier molecular flexibility index (Phi) is 8.06. The van der Waals surface area contributed by atoms with Gasteiger partial charge in [0, 0.05) is 29.4 Å². The second-order valence-electron chi connectivity index (χ2n) is 12.0. The van der Waals surface area contributed by atoms with E-state index in [-0.39, 0.29) is 23.7 Å². The molecule has 0 bridgehead atoms. The second kappa shape index (κ2) is 11.5. The molecule has 2 aliphatic carbocycles. The largest absolute Gasteiger partial charge is 0.494 e. The topological polar surface area (TPSA) is 127 Å². The van der Waals surface area contributed by atoms with Crippen LogP contribution in [0.1, 0.15) is 75.3 Å². The molecule has 220 valence electrons. The van der Waals surface area contributed by atoms with Crippen LogP contribution in [-0.2, 0) is 4.74 Å². The van der Waals surface area contributed by atoms with Crippen molar-refractivity contribution in [3.05, 3.63) is 35.5 Å². The van der Waals surface area contributed by atoms with Gasteiger partial charge in [-0.1, -0.05) is 0 Å². The van der Waals surface area contributed by atoms with Gasteiger partial charge in [0.25, 0.3) is 5.91 Å². The number of rotatable bonds is 8. The van der Waals surface area contributed by atoms with Crippen LogP contribution in [0.4, 0.5) is 9.18 Å². The molecule has 2 fully saturated rings. The number of amides is 2. The van der Waals surface area contributed by atoms with Crippen molar-refractivity contribution in [2.24, 2.45) is 5.92 Å². The number of fused-ring (bicyclic) bond motifs is 1. The first-order valence-corrected chi connectivity index (χ1v) is 14.2. The number of hydrogen-bond donors (Lipinski definition) is 3. The van der Waals surface area contributed by atoms with Gasteiger partial charge in [-0.25, -0.2) is 19.2 Å². The minimum absolute atomic E-state index is 0.00663. The summed E-state index contributed by atoms with van der Waals surface area (Å²) in [6, 6.07) is 2.86. The summed E-state index contributed by atoms with van der Waals surface area (Å²) in [5.74, 6) is 0.160. The number of aromatic amines is 1. The van der Waals surface area contributed by atoms with Gasteiger partial charge in [0.05, 0.1) is 24.8 Å². The van der Waals surface area contributed by atoms with E-state index in [0.717, 1.165) is 38.5 Å². The molecule has 2 aromatic heterocycles. The van der Waals surface area contributed by atoms with Crippen LogP contribution in [0.3, 0.4) is 0 Å². The number of H-pyrrole nitrogens is 1. The number of carbonyl (C=O) groups is 2. The number of nitrogens with zero attached hydrogens (tertiary/aromatic N) is 2. The lowest BCUT2D eigenvalue weighted by molar-refractivity contribution is 0.0488. The normalized spacial score (nSPS) is 19.1. The van der Waals surface area contributed by atoms with Crippen molar-refractivity contribution in [3.8, 4) is 22.8 Å². The van der Waals surface area contributed by atoms with Crippen molar-refractivity contribution in [1.82, 2.24) is 25.6 Å². The van der Waals surface area contributed by atoms with Crippen LogP contribution < -0.4 is 20.1 Å². The van der Waals surface area contributed by atoms with Gasteiger partial charge in [0.15, 0.2) is 11.6 Å². The van der Waals surface area contributed by atoms with Gasteiger partial charge < -0.3 is 29.8 Å². The van der Waals surface area contributed by atoms with E-state index in [4.69, 9.17) is 14.2 Å². The summed E-state index contributed by atoms with van der Waals surface area (Å²) in [6.07, 6.45) is 6.10. The summed E-state index contributed by atoms with van der Waals surface area (Å²) in [7, 11) is 1.41. The minimum Gasteiger partial charge on any atom is -0.494 e. The number of nitrogens with one attached hydrogen (secondary N) is 3. The van der Waals surface area contributed by atoms with Gasteiger partial charge in [0.1, 0.15) is 28.9 Å². The smallest absolute Gasteiger partial charge is 0.407 e. The van der Waals surface area contributed by atoms with E-state index in [9.17, 15) is 14.0 Å². The number of halogens is 1. The Morgan fingerprint density at radius 2 is 1.71 bits per heavy atom. The molecule has 2 heterocycles. The highest BCUT2D eigenvalue weighted by Gasteiger charge is 2.29. The van der Waals surface area contributed by atoms with Crippen molar-refractivity contribution >= 4 is 23.0 Å². The summed E-state index contributed by atoms with van der Waals surface area (Å²) in [5.41, 5.74) is 2.62. The van der Waals surface area contributed by atoms with E-state index in [1.54, 1.807) is 6.07 Å². The Bertz CT molecular complexity index is 1440. The zero-order chi connectivity index (χ0) is 29.3. The molecule has 2 amide bonds. The first-order chi connectivity index (χ1) is 19.5. The predicted octanol–water partition coefficient (Wildman–Crippen LogP) is 5.44. The van der Waals surface area contributed by atoms with Gasteiger partial charge >= 0.3 is 6.09 Å². The Balaban J connectivity index is 1.33. The first-order valence-electron chi connectivity index (χ1n) is 14.2. The molecule has 0 aliphatic heterocycles. The molecule has 10 nitrogen and oxygen atoms in total. The molecule has 2 aliphatic rings. The molecule has 5 rings (SSSR count). The SMILES string of the molecule is COc1cc(-c2ncnc3c(C(=O)NC4CCC(NC(=O)OC(C)(C)C)CC4)c(C)[nH]c23)c(OCC2CC2)cc1F. The highest BCUT2D eigenvalue weighted by molar-refractivity contribution is 6.09. The monoisotopic (exact) mass is 567 g/mol. The summed E-state index contributed by atoms with van der Waals surface area (Å²) in [6.45, 7) is 7.81. The van der Waals surface area contributed by atoms with E-state index in [2.05, 4.69) is 25.6 Å². The molecule has 0 saturated heterocycles. The van der Waals surface area contributed by atoms with Gasteiger partial charge in [-0.3, -0.25) is 4.79 Å². The van der Waals surface area contributed by atoms with Crippen LogP contribution in [-0.4, -0.2) is 58.4 Å². The molecule has 0 radical (unpaired) electrons. The molecule has 2 saturated carbocycles. The van der Waals surface area contributed by atoms with E-state index in [0.29, 0.717) is 51.8 Å². The van der Waals surface area contributed by atoms with Gasteiger partial charge in [-0.15, -0.1) is 0 Å². The molecule has 41 heavy (non-hydrogen) atoms. The molecular formula is C30H38FN5O5. The lowest BCUT2D eigenvalue weighted by Crippen LogP contribution is -2.45. The number of carbonyl (C=O) groups excluding carboxylic acids is 2. The Hall–Kier alpha value is -3.89. The molecule has 0 spiro atoms. The number of methoxy groups -OCH3 is 1. The number of aryl methyl sites for hydroxylation is 1. The zero-order valence-electron chi connectivity index (χ0n) is 24.2. The highest BCUT2D eigenvalue weighted by atomic mass is 19.1. The lowest BCUT2D eigenvalue weighted by Gasteiger charge is -2.30. The van der Waals surface area contributed by atoms with Crippen LogP contribution in [0.2, 0.25) is 0 Å². The maximum atomic E-state index is 14.6. The second-order valence-corrected chi connectivity index (χ2v) is 12.0. The third kappa shape index (κ3) is 6.71. The molecule has 3 aromatic rings. The summed E-state index contributed by atoms with van der Waals surface area (Å²) < 4.78 is 31.2. The van der Waals surface area contributed by atoms with E-state index < -0.39 is 17.5 Å². The van der Waals surface area contributed by atoms with Crippen molar-refractivity contribution in [3.63, 3.8) is 0 Å². The number of hydrogen-bond acceptors (Lipinski definition) is 7. The number of ether oxygens (including phenoxy) is 3. The fourth-order valence-corrected chi connectivity index (χ4v) is 5.21. The third-order valence-electron chi connectivity index (χ3n) is 7.46. The Morgan fingerprint density at radius 1 is 1.02 bits per heavy atom. The first kappa shape index (κ1) is 28.6. The van der Waals surface area contributed by atoms with Crippen molar-refractivity contribution in [2.45, 2.75) is 83.9 Å². The standard InChI is InChI=1S/C30H38FN5O5/c1-16-24(28(37)35-18-8-10-19(11-9-18)36-29(38)41-30(2,3)4)26-27(34-16)25(32-15-33-26)20-12-23(39-5)21(31)13-22(20)40-14-17-6-7-17/h12-13,15,17-19,34H,6-11,14H2,1-5H3,(H,35,37)(H,36,38). The quantitative estimate of drug-likeness (QED) is 0.331. The van der Waals surface area contributed by atoms with Gasteiger partial charge in [-0.05, 0) is 78.2 Å². The third-order valence-corrected chi connectivity index (χ3v) is 7.46. The number of alkyl carbamates (subject to hydrolysis) is 1. The van der Waals surface area contributed by atoms with Crippen LogP contribution in [0.5, 0.6) is 11.5 Å². The zero-order valence-corrected chi connectivity index (χ0v) is 24.2. The lowest BCUT2D eigenvalue weighted by atomic mass is 9.91. The number of benzene rings is 1. The van der Waals surface area contributed by atoms with Crippen LogP contribution in [0, 0.1) is 18.7 Å². The molecule has 11 heteroatoms. The minimum atomic E-state index is -0.552. The van der Waals surface area contributed by atoms with E-state index in [1.807, 2.05) is 27.7 Å². The average Bonchev–Trinajstić information content (AvgIpc) is 3.67. The van der Waals surface area contributed by atoms with E-state index >= 15 is 0 Å². The maximum Gasteiger partial charge on any atom is 0.407 e. The summed E-state index contributed by atoms with van der Waals surface area (Å²) in [4.78, 5) is 37.8. The fraction of sp³-hybridized carbons (Fsp3) is 0.533. The van der Waals surface area contributed by atoms with Gasteiger partial charge in [0.2, 0.25) is 0 Å². The Morgan fingerprint density at radius 3 is 2.34 bits per heavy atom. The predicted molar refractivity (Wildman–Crippen MR) is 152 cm³/mol. The summed E-state index contributed by atoms with van der Waals surface area (Å²) in [5, 5.41) is 6.07. The van der Waals surface area contributed by atoms with Crippen LogP contribution in [0.15, 0.2) is 18.5 Å². The van der Waals surface area contributed by atoms with Crippen molar-refractivity contribution in [2.75, 3.05) is 13.7 Å². The van der Waals surface area contributed by atoms with E-state index in [1.165, 1.54) is 19.5 Å². The van der Waals surface area contributed by atoms with Gasteiger partial charge in [-0.2, -0.15) is 0 Å². The highest BCUT2D eigenvalue weighted by Crippen LogP contribution is 2.39. The van der Waals surface area contributed by atoms with Crippen molar-refractivity contribution in [1.29, 1.82) is 0 Å². The fourth-order valence-electron chi connectivity index (χ4n) is 5.21. The molecule has 3 N–H and O–H groups in total. The summed E-state index contributed by atoms with van der Waals surface area (Å²) >= 11 is 0. The van der Waals surface area contributed by atoms with Crippen LogP contribution >= 0.6 is 0 Å².